The Morgan fingerprint density at radius 2 is 2.36 bits per heavy atom. The van der Waals surface area contributed by atoms with Crippen LogP contribution < -0.4 is 11.1 Å². The van der Waals surface area contributed by atoms with E-state index in [0.29, 0.717) is 0 Å². The molecule has 0 radical (unpaired) electrons. The zero-order valence-corrected chi connectivity index (χ0v) is 8.04. The fourth-order valence-electron chi connectivity index (χ4n) is 0.956. The number of imide groups is 1. The van der Waals surface area contributed by atoms with Gasteiger partial charge in [0, 0.05) is 12.2 Å². The third-order valence-corrected chi connectivity index (χ3v) is 3.05. The highest BCUT2D eigenvalue weighted by Crippen LogP contribution is 2.19. The first kappa shape index (κ1) is 11.0. The van der Waals surface area contributed by atoms with Crippen molar-refractivity contribution in [3.05, 3.63) is 0 Å². The molecule has 1 unspecified atom stereocenters. The van der Waals surface area contributed by atoms with E-state index in [1.807, 2.05) is 0 Å². The molecule has 0 aliphatic carbocycles. The van der Waals surface area contributed by atoms with Crippen LogP contribution in [0.3, 0.4) is 0 Å². The van der Waals surface area contributed by atoms with Crippen LogP contribution in [0.25, 0.3) is 0 Å². The molecule has 1 saturated heterocycles. The number of hydrogen-bond acceptors (Lipinski definition) is 5. The lowest BCUT2D eigenvalue weighted by Crippen LogP contribution is -2.34. The van der Waals surface area contributed by atoms with Crippen molar-refractivity contribution in [3.8, 4) is 0 Å². The minimum atomic E-state index is -1.11. The standard InChI is InChI=1S/C7H10N2O4S/c8-3(7(12)13)2-14-4-1-5(10)9-6(4)11/h3-4H,1-2,8H2,(H,12,13)(H,9,10,11)/t3-,4?/m1/s1. The number of amides is 2. The maximum absolute atomic E-state index is 11.0. The maximum Gasteiger partial charge on any atom is 0.321 e. The first-order chi connectivity index (χ1) is 6.50. The molecule has 0 bridgehead atoms. The molecule has 2 atom stereocenters. The van der Waals surface area contributed by atoms with Gasteiger partial charge in [0.1, 0.15) is 6.04 Å². The highest BCUT2D eigenvalue weighted by atomic mass is 32.2. The molecule has 6 nitrogen and oxygen atoms in total. The average Bonchev–Trinajstić information content (AvgIpc) is 2.40. The molecule has 2 amide bonds. The van der Waals surface area contributed by atoms with Gasteiger partial charge in [-0.05, 0) is 0 Å². The second-order valence-corrected chi connectivity index (χ2v) is 4.12. The van der Waals surface area contributed by atoms with Crippen LogP contribution >= 0.6 is 11.8 Å². The molecular weight excluding hydrogens is 208 g/mol. The Morgan fingerprint density at radius 1 is 1.71 bits per heavy atom. The Kier molecular flexibility index (Phi) is 3.48. The minimum absolute atomic E-state index is 0.107. The lowest BCUT2D eigenvalue weighted by atomic mass is 10.3. The summed E-state index contributed by atoms with van der Waals surface area (Å²) in [4.78, 5) is 32.1. The summed E-state index contributed by atoms with van der Waals surface area (Å²) in [5.74, 6) is -1.67. The number of thioether (sulfide) groups is 1. The van der Waals surface area contributed by atoms with Crippen molar-refractivity contribution >= 4 is 29.5 Å². The van der Waals surface area contributed by atoms with Crippen LogP contribution in [0.15, 0.2) is 0 Å². The third kappa shape index (κ3) is 2.71. The van der Waals surface area contributed by atoms with Crippen LogP contribution in [-0.2, 0) is 14.4 Å². The van der Waals surface area contributed by atoms with E-state index < -0.39 is 17.3 Å². The smallest absolute Gasteiger partial charge is 0.321 e. The van der Waals surface area contributed by atoms with Gasteiger partial charge >= 0.3 is 5.97 Å². The molecule has 0 aromatic heterocycles. The van der Waals surface area contributed by atoms with E-state index in [2.05, 4.69) is 5.32 Å². The Labute approximate surface area is 84.2 Å². The Morgan fingerprint density at radius 3 is 2.79 bits per heavy atom. The molecule has 0 spiro atoms. The highest BCUT2D eigenvalue weighted by Gasteiger charge is 2.31. The maximum atomic E-state index is 11.0. The molecule has 1 aliphatic heterocycles. The topological polar surface area (TPSA) is 109 Å². The van der Waals surface area contributed by atoms with Gasteiger partial charge in [0.25, 0.3) is 0 Å². The fraction of sp³-hybridized carbons (Fsp3) is 0.571. The van der Waals surface area contributed by atoms with E-state index in [0.717, 1.165) is 11.8 Å². The van der Waals surface area contributed by atoms with E-state index in [-0.39, 0.29) is 24.0 Å². The first-order valence-corrected chi connectivity index (χ1v) is 4.99. The Balaban J connectivity index is 2.35. The summed E-state index contributed by atoms with van der Waals surface area (Å²) in [7, 11) is 0. The van der Waals surface area contributed by atoms with E-state index in [9.17, 15) is 14.4 Å². The second-order valence-electron chi connectivity index (χ2n) is 2.88. The molecule has 1 heterocycles. The van der Waals surface area contributed by atoms with Gasteiger partial charge < -0.3 is 10.8 Å². The Hall–Kier alpha value is -1.08. The molecule has 0 aromatic rings. The molecule has 4 N–H and O–H groups in total. The summed E-state index contributed by atoms with van der Waals surface area (Å²) in [6.07, 6.45) is 0.107. The van der Waals surface area contributed by atoms with Crippen LogP contribution in [0.2, 0.25) is 0 Å². The zero-order valence-electron chi connectivity index (χ0n) is 7.23. The van der Waals surface area contributed by atoms with Gasteiger partial charge in [-0.2, -0.15) is 0 Å². The minimum Gasteiger partial charge on any atom is -0.480 e. The van der Waals surface area contributed by atoms with Gasteiger partial charge in [-0.3, -0.25) is 19.7 Å². The summed E-state index contributed by atoms with van der Waals surface area (Å²) in [5.41, 5.74) is 5.24. The number of carbonyl (C=O) groups excluding carboxylic acids is 2. The third-order valence-electron chi connectivity index (χ3n) is 1.72. The SMILES string of the molecule is N[C@H](CSC1CC(=O)NC1=O)C(=O)O. The van der Waals surface area contributed by atoms with Gasteiger partial charge in [0.05, 0.1) is 5.25 Å². The molecule has 7 heteroatoms. The van der Waals surface area contributed by atoms with Gasteiger partial charge in [0.15, 0.2) is 0 Å². The molecule has 1 fully saturated rings. The molecule has 14 heavy (non-hydrogen) atoms. The Bertz CT molecular complexity index is 281. The van der Waals surface area contributed by atoms with Crippen LogP contribution in [0.4, 0.5) is 0 Å². The van der Waals surface area contributed by atoms with Gasteiger partial charge in [0.2, 0.25) is 11.8 Å². The van der Waals surface area contributed by atoms with Crippen LogP contribution in [0.5, 0.6) is 0 Å². The van der Waals surface area contributed by atoms with Crippen molar-refractivity contribution < 1.29 is 19.5 Å². The summed E-state index contributed by atoms with van der Waals surface area (Å²) in [5, 5.41) is 10.1. The number of aliphatic carboxylic acids is 1. The zero-order chi connectivity index (χ0) is 10.7. The predicted octanol–water partition coefficient (Wildman–Crippen LogP) is -1.45. The lowest BCUT2D eigenvalue weighted by Gasteiger charge is -2.08. The van der Waals surface area contributed by atoms with Gasteiger partial charge in [-0.15, -0.1) is 11.8 Å². The van der Waals surface area contributed by atoms with Crippen molar-refractivity contribution in [3.63, 3.8) is 0 Å². The van der Waals surface area contributed by atoms with Crippen LogP contribution in [0, 0.1) is 0 Å². The molecule has 0 saturated carbocycles. The quantitative estimate of drug-likeness (QED) is 0.498. The summed E-state index contributed by atoms with van der Waals surface area (Å²) in [6.45, 7) is 0. The number of hydrogen-bond donors (Lipinski definition) is 3. The van der Waals surface area contributed by atoms with Gasteiger partial charge in [-0.25, -0.2) is 0 Å². The predicted molar refractivity (Wildman–Crippen MR) is 49.6 cm³/mol. The number of nitrogens with two attached hydrogens (primary N) is 1. The van der Waals surface area contributed by atoms with Gasteiger partial charge in [-0.1, -0.05) is 0 Å². The monoisotopic (exact) mass is 218 g/mol. The number of carboxylic acids is 1. The van der Waals surface area contributed by atoms with Crippen molar-refractivity contribution in [2.45, 2.75) is 17.7 Å². The molecular formula is C7H10N2O4S. The molecule has 78 valence electrons. The van der Waals surface area contributed by atoms with E-state index in [1.54, 1.807) is 0 Å². The number of nitrogens with one attached hydrogen (secondary N) is 1. The van der Waals surface area contributed by atoms with E-state index >= 15 is 0 Å². The fourth-order valence-corrected chi connectivity index (χ4v) is 2.02. The second kappa shape index (κ2) is 4.43. The van der Waals surface area contributed by atoms with Crippen molar-refractivity contribution in [1.29, 1.82) is 0 Å². The number of carbonyl (C=O) groups is 3. The average molecular weight is 218 g/mol. The van der Waals surface area contributed by atoms with Crippen molar-refractivity contribution in [2.75, 3.05) is 5.75 Å². The summed E-state index contributed by atoms with van der Waals surface area (Å²) in [6, 6.07) is -0.997. The molecule has 1 rings (SSSR count). The van der Waals surface area contributed by atoms with E-state index in [4.69, 9.17) is 10.8 Å². The largest absolute Gasteiger partial charge is 0.480 e. The summed E-state index contributed by atoms with van der Waals surface area (Å²) < 4.78 is 0. The first-order valence-electron chi connectivity index (χ1n) is 3.94. The van der Waals surface area contributed by atoms with Crippen molar-refractivity contribution in [1.82, 2.24) is 5.32 Å². The molecule has 0 aromatic carbocycles. The highest BCUT2D eigenvalue weighted by molar-refractivity contribution is 8.00. The lowest BCUT2D eigenvalue weighted by molar-refractivity contribution is -0.138. The normalized spacial score (nSPS) is 23.4. The number of carboxylic acid groups (broad SMARTS) is 1. The van der Waals surface area contributed by atoms with Crippen LogP contribution in [-0.4, -0.2) is 39.9 Å². The van der Waals surface area contributed by atoms with E-state index in [1.165, 1.54) is 0 Å². The molecule has 1 aliphatic rings. The van der Waals surface area contributed by atoms with Crippen LogP contribution in [0.1, 0.15) is 6.42 Å². The van der Waals surface area contributed by atoms with Crippen molar-refractivity contribution in [2.24, 2.45) is 5.73 Å². The number of rotatable bonds is 4. The summed E-state index contributed by atoms with van der Waals surface area (Å²) >= 11 is 1.09.